The summed E-state index contributed by atoms with van der Waals surface area (Å²) in [5.41, 5.74) is 11.2. The second-order valence-electron chi connectivity index (χ2n) is 9.77. The number of hydrogen-bond acceptors (Lipinski definition) is 18. The zero-order valence-electron chi connectivity index (χ0n) is 23.4. The molecule has 25 heteroatoms. The Morgan fingerprint density at radius 2 is 1.67 bits per heavy atom. The summed E-state index contributed by atoms with van der Waals surface area (Å²) in [4.78, 5) is 52.3. The molecule has 0 amide bonds. The summed E-state index contributed by atoms with van der Waals surface area (Å²) in [5, 5.41) is 31.1. The van der Waals surface area contributed by atoms with E-state index in [1.54, 1.807) is 0 Å². The molecule has 4 aromatic heterocycles. The lowest BCUT2D eigenvalue weighted by Crippen LogP contribution is -2.37. The number of hydrogen-bond donors (Lipinski definition) is 8. The van der Waals surface area contributed by atoms with Crippen LogP contribution in [0.4, 0.5) is 11.8 Å². The van der Waals surface area contributed by atoms with Crippen molar-refractivity contribution >= 4 is 50.6 Å². The first-order valence-corrected chi connectivity index (χ1v) is 15.3. The summed E-state index contributed by atoms with van der Waals surface area (Å²) in [7, 11) is -4.55. The molecular weight excluding hydrogens is 662 g/mol. The number of aromatic amines is 1. The molecule has 250 valence electrons. The topological polar surface area (TPSA) is 341 Å². The van der Waals surface area contributed by atoms with E-state index in [2.05, 4.69) is 29.9 Å². The van der Waals surface area contributed by atoms with Crippen molar-refractivity contribution in [3.8, 4) is 0 Å². The standard InChI is InChI=1S/C21H27N10O11P.HO2P/c1-38-13-7(2-32)40-20(31-6-27-10-17(31)28-21(23)29-18(10)35)14(13)42-43(36,37)39-3-8-11(33)12(34)19(41-8)30-5-26-9-15(22)24-4-25-16(9)30;1-3-2/h4-8,11-14,19-20,32-34H,2-3H2,1H3,(H,36,37)(H2,22,24,25)(H3,23,28,29,35);(H,1,2)/t7-,8-,11-,12-,13-,14-,19-,20-;/m1./s1. The number of imidazole rings is 2. The molecule has 10 N–H and O–H groups in total. The van der Waals surface area contributed by atoms with Crippen LogP contribution in [-0.2, 0) is 32.4 Å². The molecule has 0 radical (unpaired) electrons. The molecule has 2 aliphatic heterocycles. The first kappa shape index (κ1) is 33.8. The average molecular weight is 690 g/mol. The second-order valence-corrected chi connectivity index (χ2v) is 11.3. The monoisotopic (exact) mass is 690 g/mol. The number of nitrogens with one attached hydrogen (secondary N) is 1. The number of ether oxygens (including phenoxy) is 3. The lowest BCUT2D eigenvalue weighted by molar-refractivity contribution is -0.0616. The van der Waals surface area contributed by atoms with E-state index in [0.29, 0.717) is 0 Å². The molecule has 6 heterocycles. The smallest absolute Gasteiger partial charge is 0.394 e. The number of nitrogen functional groups attached to an aromatic ring is 2. The van der Waals surface area contributed by atoms with E-state index in [9.17, 15) is 29.6 Å². The van der Waals surface area contributed by atoms with Gasteiger partial charge in [-0.25, -0.2) is 29.1 Å². The quantitative estimate of drug-likeness (QED) is 0.0830. The Morgan fingerprint density at radius 3 is 2.35 bits per heavy atom. The van der Waals surface area contributed by atoms with Crippen LogP contribution in [0.5, 0.6) is 0 Å². The summed E-state index contributed by atoms with van der Waals surface area (Å²) < 4.78 is 51.8. The van der Waals surface area contributed by atoms with E-state index < -0.39 is 84.4 Å². The Morgan fingerprint density at radius 1 is 1.02 bits per heavy atom. The molecule has 0 aromatic carbocycles. The van der Waals surface area contributed by atoms with Gasteiger partial charge in [-0.2, -0.15) is 4.98 Å². The first-order valence-electron chi connectivity index (χ1n) is 13.0. The van der Waals surface area contributed by atoms with Crippen molar-refractivity contribution in [3.05, 3.63) is 29.3 Å². The van der Waals surface area contributed by atoms with E-state index in [-0.39, 0.29) is 34.1 Å². The number of anilines is 2. The number of nitrogens with zero attached hydrogens (tertiary/aromatic N) is 7. The van der Waals surface area contributed by atoms with Gasteiger partial charge < -0.3 is 50.8 Å². The van der Waals surface area contributed by atoms with Gasteiger partial charge in [0.2, 0.25) is 5.95 Å². The molecule has 0 bridgehead atoms. The van der Waals surface area contributed by atoms with Crippen LogP contribution in [0.2, 0.25) is 0 Å². The maximum atomic E-state index is 13.2. The normalized spacial score (nSPS) is 29.3. The summed E-state index contributed by atoms with van der Waals surface area (Å²) in [5.74, 6) is -0.125. The minimum absolute atomic E-state index is 0.0245. The van der Waals surface area contributed by atoms with Crippen molar-refractivity contribution in [2.24, 2.45) is 0 Å². The predicted molar refractivity (Wildman–Crippen MR) is 150 cm³/mol. The number of nitrogens with two attached hydrogens (primary N) is 2. The van der Waals surface area contributed by atoms with Gasteiger partial charge in [-0.05, 0) is 0 Å². The van der Waals surface area contributed by atoms with Gasteiger partial charge in [0.1, 0.15) is 48.5 Å². The van der Waals surface area contributed by atoms with Crippen LogP contribution >= 0.6 is 16.5 Å². The second kappa shape index (κ2) is 13.7. The highest BCUT2D eigenvalue weighted by molar-refractivity contribution is 7.47. The molecule has 4 aromatic rings. The van der Waals surface area contributed by atoms with Crippen LogP contribution in [0.1, 0.15) is 12.5 Å². The minimum atomic E-state index is -4.99. The molecule has 1 unspecified atom stereocenters. The van der Waals surface area contributed by atoms with Crippen LogP contribution in [-0.4, -0.2) is 121 Å². The maximum Gasteiger partial charge on any atom is 0.472 e. The van der Waals surface area contributed by atoms with Crippen molar-refractivity contribution in [1.29, 1.82) is 0 Å². The Hall–Kier alpha value is -3.57. The molecule has 2 aliphatic rings. The number of aliphatic hydroxyl groups is 3. The Kier molecular flexibility index (Phi) is 10.0. The fourth-order valence-electron chi connectivity index (χ4n) is 5.11. The molecule has 2 saturated heterocycles. The Labute approximate surface area is 257 Å². The van der Waals surface area contributed by atoms with E-state index >= 15 is 0 Å². The van der Waals surface area contributed by atoms with Gasteiger partial charge in [-0.1, -0.05) is 0 Å². The van der Waals surface area contributed by atoms with E-state index in [0.717, 1.165) is 0 Å². The molecule has 0 saturated carbocycles. The predicted octanol–water partition coefficient (Wildman–Crippen LogP) is -2.66. The zero-order valence-corrected chi connectivity index (χ0v) is 25.2. The first-order chi connectivity index (χ1) is 21.9. The van der Waals surface area contributed by atoms with Gasteiger partial charge in [-0.3, -0.25) is 28.0 Å². The van der Waals surface area contributed by atoms with Crippen LogP contribution in [0.25, 0.3) is 22.3 Å². The van der Waals surface area contributed by atoms with Crippen molar-refractivity contribution in [2.75, 3.05) is 31.8 Å². The maximum absolute atomic E-state index is 13.2. The number of aromatic nitrogens is 8. The molecule has 0 aliphatic carbocycles. The molecule has 2 fully saturated rings. The third-order valence-electron chi connectivity index (χ3n) is 7.12. The summed E-state index contributed by atoms with van der Waals surface area (Å²) >= 11 is 0. The molecule has 0 spiro atoms. The number of methoxy groups -OCH3 is 1. The van der Waals surface area contributed by atoms with Gasteiger partial charge in [0.25, 0.3) is 5.56 Å². The SMILES string of the molecule is CO[C@H]1[C@@H](OP(=O)(O)OC[C@H]2O[C@@H](n3cnc4c(N)ncnc43)[C@H](O)[C@@H]2O)[C@H](n2cnc3c(=O)[nH]c(N)nc32)O[C@@H]1CO.O=PO. The number of H-pyrrole nitrogens is 1. The lowest BCUT2D eigenvalue weighted by Gasteiger charge is -2.26. The molecule has 23 nitrogen and oxygen atoms in total. The highest BCUT2D eigenvalue weighted by Gasteiger charge is 2.51. The molecule has 6 rings (SSSR count). The van der Waals surface area contributed by atoms with E-state index in [4.69, 9.17) is 44.2 Å². The van der Waals surface area contributed by atoms with Gasteiger partial charge in [0, 0.05) is 7.11 Å². The minimum Gasteiger partial charge on any atom is -0.394 e. The van der Waals surface area contributed by atoms with Gasteiger partial charge in [0.15, 0.2) is 35.1 Å². The highest BCUT2D eigenvalue weighted by Crippen LogP contribution is 2.50. The summed E-state index contributed by atoms with van der Waals surface area (Å²) in [6.45, 7) is -1.26. The fraction of sp³-hybridized carbons (Fsp3) is 0.524. The van der Waals surface area contributed by atoms with Crippen LogP contribution < -0.4 is 17.0 Å². The highest BCUT2D eigenvalue weighted by atomic mass is 31.2. The average Bonchev–Trinajstić information content (AvgIpc) is 3.77. The molecular formula is C21H28N10O13P2. The fourth-order valence-corrected chi connectivity index (χ4v) is 6.04. The largest absolute Gasteiger partial charge is 0.472 e. The number of rotatable bonds is 9. The van der Waals surface area contributed by atoms with E-state index in [1.807, 2.05) is 0 Å². The van der Waals surface area contributed by atoms with Crippen LogP contribution in [0.3, 0.4) is 0 Å². The molecule has 46 heavy (non-hydrogen) atoms. The van der Waals surface area contributed by atoms with Crippen molar-refractivity contribution in [1.82, 2.24) is 39.0 Å². The summed E-state index contributed by atoms with van der Waals surface area (Å²) in [6, 6.07) is 0. The number of phosphoric acid groups is 1. The van der Waals surface area contributed by atoms with Crippen molar-refractivity contribution in [3.63, 3.8) is 0 Å². The third-order valence-corrected chi connectivity index (χ3v) is 8.10. The lowest BCUT2D eigenvalue weighted by atomic mass is 10.1. The number of aliphatic hydroxyl groups excluding tert-OH is 3. The third kappa shape index (κ3) is 6.36. The Balaban J connectivity index is 0.00000134. The Bertz CT molecular complexity index is 1810. The van der Waals surface area contributed by atoms with Crippen molar-refractivity contribution in [2.45, 2.75) is 49.1 Å². The van der Waals surface area contributed by atoms with Gasteiger partial charge >= 0.3 is 16.5 Å². The van der Waals surface area contributed by atoms with E-state index in [1.165, 1.54) is 35.2 Å². The van der Waals surface area contributed by atoms with Crippen LogP contribution in [0.15, 0.2) is 23.8 Å². The van der Waals surface area contributed by atoms with Crippen LogP contribution in [0, 0.1) is 0 Å². The number of fused-ring (bicyclic) bond motifs is 2. The van der Waals surface area contributed by atoms with Gasteiger partial charge in [0.05, 0.1) is 25.9 Å². The summed E-state index contributed by atoms with van der Waals surface area (Å²) in [6.07, 6.45) is -6.71. The molecule has 9 atom stereocenters. The van der Waals surface area contributed by atoms with Crippen molar-refractivity contribution < 1.29 is 57.5 Å². The van der Waals surface area contributed by atoms with Gasteiger partial charge in [-0.15, -0.1) is 0 Å². The number of phosphoric ester groups is 1. The zero-order chi connectivity index (χ0) is 33.3.